The van der Waals surface area contributed by atoms with Crippen molar-refractivity contribution < 1.29 is 0 Å². The lowest BCUT2D eigenvalue weighted by atomic mass is 9.96. The molecule has 0 spiro atoms. The first-order valence-electron chi connectivity index (χ1n) is 6.98. The van der Waals surface area contributed by atoms with Crippen LogP contribution in [0.2, 0.25) is 0 Å². The lowest BCUT2D eigenvalue weighted by molar-refractivity contribution is 0.484. The van der Waals surface area contributed by atoms with Crippen LogP contribution in [0.25, 0.3) is 10.3 Å². The molecule has 0 amide bonds. The maximum absolute atomic E-state index is 4.43. The maximum Gasteiger partial charge on any atom is 0.159 e. The molecule has 1 aliphatic heterocycles. The van der Waals surface area contributed by atoms with Crippen molar-refractivity contribution in [3.05, 3.63) is 36.1 Å². The fraction of sp³-hybridized carbons (Fsp3) is 0.357. The van der Waals surface area contributed by atoms with Crippen molar-refractivity contribution in [1.82, 2.24) is 24.9 Å². The molecule has 4 rings (SSSR count). The maximum atomic E-state index is 4.43. The number of hydrogen-bond acceptors (Lipinski definition) is 7. The summed E-state index contributed by atoms with van der Waals surface area (Å²) < 4.78 is 0. The zero-order valence-corrected chi connectivity index (χ0v) is 12.2. The number of hydrogen-bond donors (Lipinski definition) is 0. The van der Waals surface area contributed by atoms with E-state index in [0.29, 0.717) is 5.92 Å². The largest absolute Gasteiger partial charge is 0.355 e. The van der Waals surface area contributed by atoms with Crippen LogP contribution >= 0.6 is 11.3 Å². The first-order chi connectivity index (χ1) is 10.4. The van der Waals surface area contributed by atoms with Gasteiger partial charge in [-0.3, -0.25) is 0 Å². The predicted molar refractivity (Wildman–Crippen MR) is 81.4 cm³/mol. The lowest BCUT2D eigenvalue weighted by Gasteiger charge is -2.31. The summed E-state index contributed by atoms with van der Waals surface area (Å²) in [4.78, 5) is 25.1. The third-order valence-electron chi connectivity index (χ3n) is 3.86. The summed E-state index contributed by atoms with van der Waals surface area (Å²) in [5.41, 5.74) is 2.74. The van der Waals surface area contributed by atoms with E-state index in [9.17, 15) is 0 Å². The summed E-state index contributed by atoms with van der Waals surface area (Å²) in [6, 6.07) is 1.86. The quantitative estimate of drug-likeness (QED) is 0.723. The highest BCUT2D eigenvalue weighted by atomic mass is 32.1. The molecule has 0 bridgehead atoms. The number of aromatic nitrogens is 5. The molecule has 0 N–H and O–H groups in total. The molecule has 3 aromatic rings. The van der Waals surface area contributed by atoms with Gasteiger partial charge in [0, 0.05) is 31.4 Å². The van der Waals surface area contributed by atoms with E-state index in [0.717, 1.165) is 47.9 Å². The fourth-order valence-corrected chi connectivity index (χ4v) is 3.41. The van der Waals surface area contributed by atoms with Gasteiger partial charge in [0.1, 0.15) is 22.5 Å². The molecule has 4 heterocycles. The zero-order valence-electron chi connectivity index (χ0n) is 11.4. The van der Waals surface area contributed by atoms with Gasteiger partial charge in [0.2, 0.25) is 0 Å². The smallest absolute Gasteiger partial charge is 0.159 e. The minimum Gasteiger partial charge on any atom is -0.355 e. The second-order valence-corrected chi connectivity index (χ2v) is 5.90. The summed E-state index contributed by atoms with van der Waals surface area (Å²) >= 11 is 1.55. The fourth-order valence-electron chi connectivity index (χ4n) is 2.78. The summed E-state index contributed by atoms with van der Waals surface area (Å²) in [6.07, 6.45) is 7.34. The molecule has 0 aromatic carbocycles. The topological polar surface area (TPSA) is 67.7 Å². The van der Waals surface area contributed by atoms with Gasteiger partial charge in [-0.2, -0.15) is 0 Å². The average Bonchev–Trinajstić information content (AvgIpc) is 3.04. The average molecular weight is 298 g/mol. The van der Waals surface area contributed by atoms with Crippen LogP contribution in [0.5, 0.6) is 0 Å². The highest BCUT2D eigenvalue weighted by molar-refractivity contribution is 7.16. The van der Waals surface area contributed by atoms with Crippen LogP contribution in [0.1, 0.15) is 24.6 Å². The zero-order chi connectivity index (χ0) is 14.1. The summed E-state index contributed by atoms with van der Waals surface area (Å²) in [5.74, 6) is 2.35. The van der Waals surface area contributed by atoms with Crippen molar-refractivity contribution >= 4 is 27.5 Å². The Hall–Kier alpha value is -2.15. The Morgan fingerprint density at radius 1 is 1.00 bits per heavy atom. The van der Waals surface area contributed by atoms with E-state index in [-0.39, 0.29) is 0 Å². The highest BCUT2D eigenvalue weighted by Crippen LogP contribution is 2.30. The van der Waals surface area contributed by atoms with E-state index in [1.807, 2.05) is 24.0 Å². The molecule has 3 aromatic heterocycles. The van der Waals surface area contributed by atoms with Crippen LogP contribution in [-0.2, 0) is 0 Å². The van der Waals surface area contributed by atoms with Crippen LogP contribution < -0.4 is 4.90 Å². The Kier molecular flexibility index (Phi) is 3.19. The van der Waals surface area contributed by atoms with Gasteiger partial charge in [-0.05, 0) is 18.9 Å². The minimum absolute atomic E-state index is 0.440. The molecule has 7 heteroatoms. The minimum atomic E-state index is 0.440. The number of piperidine rings is 1. The van der Waals surface area contributed by atoms with E-state index in [1.165, 1.54) is 0 Å². The molecular weight excluding hydrogens is 284 g/mol. The van der Waals surface area contributed by atoms with Crippen molar-refractivity contribution in [2.24, 2.45) is 0 Å². The van der Waals surface area contributed by atoms with Crippen LogP contribution in [0.3, 0.4) is 0 Å². The first kappa shape index (κ1) is 12.6. The normalized spacial score (nSPS) is 16.5. The number of fused-ring (bicyclic) bond motifs is 1. The number of anilines is 1. The SMILES string of the molecule is c1cnc(C2CCN(c3ncnc4scnc34)CC2)nc1. The first-order valence-corrected chi connectivity index (χ1v) is 7.86. The predicted octanol–water partition coefficient (Wildman–Crippen LogP) is 2.26. The number of thiazole rings is 1. The Morgan fingerprint density at radius 3 is 2.62 bits per heavy atom. The number of rotatable bonds is 2. The van der Waals surface area contributed by atoms with E-state index in [2.05, 4.69) is 29.8 Å². The van der Waals surface area contributed by atoms with Crippen molar-refractivity contribution in [2.75, 3.05) is 18.0 Å². The van der Waals surface area contributed by atoms with Crippen LogP contribution in [0.4, 0.5) is 5.82 Å². The van der Waals surface area contributed by atoms with Gasteiger partial charge in [-0.15, -0.1) is 11.3 Å². The molecule has 0 saturated carbocycles. The third kappa shape index (κ3) is 2.33. The lowest BCUT2D eigenvalue weighted by Crippen LogP contribution is -2.34. The Morgan fingerprint density at radius 2 is 1.81 bits per heavy atom. The summed E-state index contributed by atoms with van der Waals surface area (Å²) in [7, 11) is 0. The van der Waals surface area contributed by atoms with Gasteiger partial charge in [-0.1, -0.05) is 0 Å². The van der Waals surface area contributed by atoms with Crippen molar-refractivity contribution in [3.8, 4) is 0 Å². The molecule has 0 radical (unpaired) electrons. The second kappa shape index (κ2) is 5.33. The van der Waals surface area contributed by atoms with Crippen LogP contribution in [0.15, 0.2) is 30.3 Å². The molecule has 1 fully saturated rings. The van der Waals surface area contributed by atoms with Crippen LogP contribution in [-0.4, -0.2) is 38.0 Å². The van der Waals surface area contributed by atoms with Crippen LogP contribution in [0, 0.1) is 0 Å². The third-order valence-corrected chi connectivity index (χ3v) is 4.59. The van der Waals surface area contributed by atoms with E-state index in [4.69, 9.17) is 0 Å². The van der Waals surface area contributed by atoms with Gasteiger partial charge < -0.3 is 4.90 Å². The molecule has 106 valence electrons. The molecule has 1 saturated heterocycles. The molecule has 0 unspecified atom stereocenters. The van der Waals surface area contributed by atoms with Gasteiger partial charge >= 0.3 is 0 Å². The summed E-state index contributed by atoms with van der Waals surface area (Å²) in [5, 5.41) is 0. The molecule has 0 atom stereocenters. The Bertz CT molecular complexity index is 735. The van der Waals surface area contributed by atoms with E-state index in [1.54, 1.807) is 17.7 Å². The van der Waals surface area contributed by atoms with Gasteiger partial charge in [0.05, 0.1) is 5.51 Å². The van der Waals surface area contributed by atoms with Gasteiger partial charge in [-0.25, -0.2) is 24.9 Å². The molecule has 6 nitrogen and oxygen atoms in total. The van der Waals surface area contributed by atoms with Gasteiger partial charge in [0.25, 0.3) is 0 Å². The van der Waals surface area contributed by atoms with E-state index >= 15 is 0 Å². The monoisotopic (exact) mass is 298 g/mol. The van der Waals surface area contributed by atoms with Crippen molar-refractivity contribution in [1.29, 1.82) is 0 Å². The van der Waals surface area contributed by atoms with Crippen molar-refractivity contribution in [2.45, 2.75) is 18.8 Å². The van der Waals surface area contributed by atoms with Crippen molar-refractivity contribution in [3.63, 3.8) is 0 Å². The van der Waals surface area contributed by atoms with Gasteiger partial charge in [0.15, 0.2) is 5.82 Å². The highest BCUT2D eigenvalue weighted by Gasteiger charge is 2.24. The molecule has 1 aliphatic rings. The standard InChI is InChI=1S/C14H14N6S/c1-4-15-12(16-5-1)10-2-6-20(7-3-10)13-11-14(18-8-17-13)21-9-19-11/h1,4-5,8-10H,2-3,6-7H2. The second-order valence-electron chi connectivity index (χ2n) is 5.07. The Balaban J connectivity index is 1.54. The van der Waals surface area contributed by atoms with E-state index < -0.39 is 0 Å². The molecule has 0 aliphatic carbocycles. The Labute approximate surface area is 125 Å². The summed E-state index contributed by atoms with van der Waals surface area (Å²) in [6.45, 7) is 1.90. The molecule has 21 heavy (non-hydrogen) atoms. The molecular formula is C14H14N6S. The number of nitrogens with zero attached hydrogens (tertiary/aromatic N) is 6.